The predicted molar refractivity (Wildman–Crippen MR) is 103 cm³/mol. The molecule has 146 valence electrons. The number of amides is 2. The number of ether oxygens (including phenoxy) is 3. The van der Waals surface area contributed by atoms with Crippen LogP contribution in [0, 0.1) is 0 Å². The molecule has 0 saturated carbocycles. The molecule has 27 heavy (non-hydrogen) atoms. The first-order valence-corrected chi connectivity index (χ1v) is 9.22. The Morgan fingerprint density at radius 1 is 1.07 bits per heavy atom. The zero-order valence-electron chi connectivity index (χ0n) is 15.8. The number of hydrogen-bond acceptors (Lipinski definition) is 6. The van der Waals surface area contributed by atoms with Crippen LogP contribution in [-0.2, 0) is 16.1 Å². The van der Waals surface area contributed by atoms with Gasteiger partial charge in [-0.3, -0.25) is 9.59 Å². The van der Waals surface area contributed by atoms with E-state index in [1.54, 1.807) is 33.5 Å². The van der Waals surface area contributed by atoms with Crippen molar-refractivity contribution in [1.29, 1.82) is 0 Å². The molecule has 0 saturated heterocycles. The molecule has 2 N–H and O–H groups in total. The summed E-state index contributed by atoms with van der Waals surface area (Å²) in [6.07, 6.45) is 0.149. The molecule has 0 aliphatic rings. The van der Waals surface area contributed by atoms with E-state index in [-0.39, 0.29) is 30.8 Å². The van der Waals surface area contributed by atoms with Crippen LogP contribution < -0.4 is 24.8 Å². The fourth-order valence-corrected chi connectivity index (χ4v) is 3.42. The molecule has 0 fully saturated rings. The molecule has 1 aromatic carbocycles. The van der Waals surface area contributed by atoms with Gasteiger partial charge in [0.2, 0.25) is 11.8 Å². The van der Waals surface area contributed by atoms with Crippen molar-refractivity contribution >= 4 is 23.2 Å². The quantitative estimate of drug-likeness (QED) is 0.685. The zero-order chi connectivity index (χ0) is 19.8. The SMILES string of the molecule is COc1cc(OC)c(OC)cc1CNC(=O)C[C@H](NC(C)=O)c1cccs1. The number of carbonyl (C=O) groups excluding carboxylic acids is 2. The molecule has 0 aliphatic heterocycles. The molecule has 0 radical (unpaired) electrons. The van der Waals surface area contributed by atoms with Crippen LogP contribution in [0.3, 0.4) is 0 Å². The summed E-state index contributed by atoms with van der Waals surface area (Å²) in [5.41, 5.74) is 0.760. The Kier molecular flexibility index (Phi) is 7.48. The molecule has 0 unspecified atom stereocenters. The Bertz CT molecular complexity index is 777. The van der Waals surface area contributed by atoms with E-state index in [1.807, 2.05) is 17.5 Å². The van der Waals surface area contributed by atoms with Gasteiger partial charge < -0.3 is 24.8 Å². The number of rotatable bonds is 9. The van der Waals surface area contributed by atoms with Gasteiger partial charge >= 0.3 is 0 Å². The molecule has 0 bridgehead atoms. The molecule has 2 rings (SSSR count). The highest BCUT2D eigenvalue weighted by Gasteiger charge is 2.19. The van der Waals surface area contributed by atoms with E-state index in [2.05, 4.69) is 10.6 Å². The molecule has 2 aromatic rings. The Balaban J connectivity index is 2.06. The van der Waals surface area contributed by atoms with Gasteiger partial charge in [0.1, 0.15) is 5.75 Å². The van der Waals surface area contributed by atoms with Crippen LogP contribution in [0.1, 0.15) is 29.8 Å². The van der Waals surface area contributed by atoms with Crippen LogP contribution in [0.15, 0.2) is 29.6 Å². The van der Waals surface area contributed by atoms with Gasteiger partial charge in [0, 0.05) is 30.0 Å². The zero-order valence-corrected chi connectivity index (χ0v) is 16.6. The van der Waals surface area contributed by atoms with Crippen molar-refractivity contribution < 1.29 is 23.8 Å². The first-order valence-electron chi connectivity index (χ1n) is 8.34. The van der Waals surface area contributed by atoms with Gasteiger partial charge in [-0.25, -0.2) is 0 Å². The smallest absolute Gasteiger partial charge is 0.222 e. The molecule has 1 heterocycles. The Morgan fingerprint density at radius 2 is 1.74 bits per heavy atom. The van der Waals surface area contributed by atoms with Crippen LogP contribution in [0.25, 0.3) is 0 Å². The number of thiophene rings is 1. The van der Waals surface area contributed by atoms with E-state index >= 15 is 0 Å². The van der Waals surface area contributed by atoms with Gasteiger partial charge in [-0.2, -0.15) is 0 Å². The summed E-state index contributed by atoms with van der Waals surface area (Å²) in [5.74, 6) is 1.33. The lowest BCUT2D eigenvalue weighted by Gasteiger charge is -2.17. The molecule has 7 nitrogen and oxygen atoms in total. The lowest BCUT2D eigenvalue weighted by molar-refractivity contribution is -0.122. The van der Waals surface area contributed by atoms with Gasteiger partial charge in [-0.15, -0.1) is 11.3 Å². The third kappa shape index (κ3) is 5.62. The number of benzene rings is 1. The summed E-state index contributed by atoms with van der Waals surface area (Å²) in [5, 5.41) is 7.60. The summed E-state index contributed by atoms with van der Waals surface area (Å²) >= 11 is 1.50. The van der Waals surface area contributed by atoms with Crippen molar-refractivity contribution in [3.05, 3.63) is 40.1 Å². The summed E-state index contributed by atoms with van der Waals surface area (Å²) < 4.78 is 15.9. The maximum Gasteiger partial charge on any atom is 0.222 e. The van der Waals surface area contributed by atoms with Crippen LogP contribution in [0.5, 0.6) is 17.2 Å². The number of carbonyl (C=O) groups is 2. The highest BCUT2D eigenvalue weighted by molar-refractivity contribution is 7.10. The van der Waals surface area contributed by atoms with Crippen molar-refractivity contribution in [1.82, 2.24) is 10.6 Å². The Labute approximate surface area is 162 Å². The molecule has 1 atom stereocenters. The molecule has 0 spiro atoms. The van der Waals surface area contributed by atoms with E-state index < -0.39 is 0 Å². The van der Waals surface area contributed by atoms with Crippen LogP contribution in [0.4, 0.5) is 0 Å². The van der Waals surface area contributed by atoms with E-state index in [0.29, 0.717) is 17.2 Å². The lowest BCUT2D eigenvalue weighted by atomic mass is 10.1. The first kappa shape index (κ1) is 20.6. The predicted octanol–water partition coefficient (Wildman–Crippen LogP) is 2.66. The van der Waals surface area contributed by atoms with Crippen LogP contribution in [0.2, 0.25) is 0 Å². The molecular weight excluding hydrogens is 368 g/mol. The van der Waals surface area contributed by atoms with Crippen molar-refractivity contribution in [2.45, 2.75) is 25.9 Å². The van der Waals surface area contributed by atoms with Gasteiger partial charge in [0.05, 0.1) is 33.8 Å². The average Bonchev–Trinajstić information content (AvgIpc) is 3.19. The number of nitrogens with one attached hydrogen (secondary N) is 2. The lowest BCUT2D eigenvalue weighted by Crippen LogP contribution is -2.32. The van der Waals surface area contributed by atoms with E-state index in [9.17, 15) is 9.59 Å². The van der Waals surface area contributed by atoms with Gasteiger partial charge in [-0.1, -0.05) is 6.07 Å². The summed E-state index contributed by atoms with van der Waals surface area (Å²) in [4.78, 5) is 24.8. The van der Waals surface area contributed by atoms with Crippen LogP contribution in [-0.4, -0.2) is 33.1 Å². The van der Waals surface area contributed by atoms with Crippen molar-refractivity contribution in [3.8, 4) is 17.2 Å². The number of hydrogen-bond donors (Lipinski definition) is 2. The topological polar surface area (TPSA) is 85.9 Å². The first-order chi connectivity index (χ1) is 13.0. The molecule has 2 amide bonds. The third-order valence-corrected chi connectivity index (χ3v) is 4.90. The molecule has 1 aromatic heterocycles. The normalized spacial score (nSPS) is 11.4. The summed E-state index contributed by atoms with van der Waals surface area (Å²) in [6.45, 7) is 1.70. The standard InChI is InChI=1S/C19H24N2O5S/c1-12(22)21-14(18-6-5-7-27-18)9-19(23)20-11-13-8-16(25-3)17(26-4)10-15(13)24-2/h5-8,10,14H,9,11H2,1-4H3,(H,20,23)(H,21,22)/t14-/m0/s1. The van der Waals surface area contributed by atoms with Crippen molar-refractivity contribution in [2.24, 2.45) is 0 Å². The van der Waals surface area contributed by atoms with Crippen molar-refractivity contribution in [2.75, 3.05) is 21.3 Å². The van der Waals surface area contributed by atoms with E-state index in [0.717, 1.165) is 10.4 Å². The minimum atomic E-state index is -0.352. The minimum absolute atomic E-state index is 0.149. The van der Waals surface area contributed by atoms with Gasteiger partial charge in [0.15, 0.2) is 11.5 Å². The average molecular weight is 392 g/mol. The molecule has 8 heteroatoms. The van der Waals surface area contributed by atoms with Crippen LogP contribution >= 0.6 is 11.3 Å². The number of methoxy groups -OCH3 is 3. The van der Waals surface area contributed by atoms with Crippen molar-refractivity contribution in [3.63, 3.8) is 0 Å². The maximum atomic E-state index is 12.4. The Hall–Kier alpha value is -2.74. The second-order valence-electron chi connectivity index (χ2n) is 5.77. The second-order valence-corrected chi connectivity index (χ2v) is 6.75. The monoisotopic (exact) mass is 392 g/mol. The van der Waals surface area contributed by atoms with E-state index in [1.165, 1.54) is 18.3 Å². The van der Waals surface area contributed by atoms with Gasteiger partial charge in [-0.05, 0) is 17.5 Å². The highest BCUT2D eigenvalue weighted by Crippen LogP contribution is 2.34. The molecule has 0 aliphatic carbocycles. The highest BCUT2D eigenvalue weighted by atomic mass is 32.1. The van der Waals surface area contributed by atoms with Gasteiger partial charge in [0.25, 0.3) is 0 Å². The summed E-state index contributed by atoms with van der Waals surface area (Å²) in [6, 6.07) is 6.92. The fourth-order valence-electron chi connectivity index (χ4n) is 2.64. The molecular formula is C19H24N2O5S. The van der Waals surface area contributed by atoms with E-state index in [4.69, 9.17) is 14.2 Å². The minimum Gasteiger partial charge on any atom is -0.496 e. The summed E-state index contributed by atoms with van der Waals surface area (Å²) in [7, 11) is 4.65. The fraction of sp³-hybridized carbons (Fsp3) is 0.368. The Morgan fingerprint density at radius 3 is 2.30 bits per heavy atom. The largest absolute Gasteiger partial charge is 0.496 e. The third-order valence-electron chi connectivity index (χ3n) is 3.92. The second kappa shape index (κ2) is 9.82. The maximum absolute atomic E-state index is 12.4.